The first-order valence-electron chi connectivity index (χ1n) is 29.9. The summed E-state index contributed by atoms with van der Waals surface area (Å²) in [6.45, 7) is -3.05. The van der Waals surface area contributed by atoms with E-state index in [-0.39, 0.29) is 11.8 Å². The van der Waals surface area contributed by atoms with E-state index in [1.807, 2.05) is 0 Å². The normalized spacial score (nSPS) is 46.1. The van der Waals surface area contributed by atoms with Crippen molar-refractivity contribution < 1.29 is 177 Å². The largest absolute Gasteiger partial charge is 0.394 e. The van der Waals surface area contributed by atoms with Gasteiger partial charge in [-0.15, -0.1) is 0 Å². The van der Waals surface area contributed by atoms with Crippen LogP contribution in [0.5, 0.6) is 0 Å². The highest BCUT2D eigenvalue weighted by Gasteiger charge is 2.59. The van der Waals surface area contributed by atoms with Crippen LogP contribution in [-0.2, 0) is 85.6 Å². The molecule has 94 heavy (non-hydrogen) atoms. The minimum Gasteiger partial charge on any atom is -0.394 e. The lowest BCUT2D eigenvalue weighted by Gasteiger charge is -2.51. The van der Waals surface area contributed by atoms with Crippen molar-refractivity contribution in [3.8, 4) is 0 Å². The van der Waals surface area contributed by atoms with Crippen LogP contribution in [0, 0.1) is 0 Å². The number of rotatable bonds is 26. The van der Waals surface area contributed by atoms with Gasteiger partial charge in [0.25, 0.3) is 0 Å². The van der Waals surface area contributed by atoms with E-state index in [0.29, 0.717) is 0 Å². The molecule has 0 saturated carbocycles. The number of amides is 4. The molecule has 7 fully saturated rings. The van der Waals surface area contributed by atoms with E-state index in [9.17, 15) is 116 Å². The maximum Gasteiger partial charge on any atom is 0.217 e. The van der Waals surface area contributed by atoms with Crippen molar-refractivity contribution in [1.82, 2.24) is 21.3 Å². The highest BCUT2D eigenvalue weighted by molar-refractivity contribution is 9.09. The molecule has 0 aliphatic carbocycles. The SMILES string of the molecule is CC(=O)NC1C(O)[C@H](O)[C@@H](CO)O[C@@H]1OC1[C@H](OCC2O[C@@H](O[C@H]3C(CO)O[C@@H](O[C@H]4C(CO)O[C@@H](CC(=O)CBr)C(NC(C)=O)[C@H]4O)C(NC(C)=O)[C@H]3O)C(O)[C@@H](O[C@@H]3OC(CO)[C@H](O)C(O)C3O[C@@H]3OC(CO)[C@H](O)[C@H](O)C3NC(C)=O)[C@H]2O)OC(CO)[C@H](O)[C@@H]1O. The second kappa shape index (κ2) is 34.7. The molecule has 0 aromatic carbocycles. The van der Waals surface area contributed by atoms with Crippen molar-refractivity contribution in [2.24, 2.45) is 0 Å². The summed E-state index contributed by atoms with van der Waals surface area (Å²) in [6.07, 6.45) is -61.5. The standard InChI is InChI=1S/C53H87BrN4O36/c1-14(65)55-27-19(5-18(69)6-54)83-24(11-63)43(38(27)77)90-50-30(58-17(4)68)39(78)44(25(12-64)88-50)91-51-42(81)45(92-53-47(41(80)34(73)23(10-62)87-53)94-49-29(57-16(3)67)37(76)32(71)21(8-60)85-49)35(74)26(89-51)13-82-52-46(40(79)33(72)22(9-61)86-52)93-48-28(56-15(2)66)36(75)31(70)20(7-59)84-48/h19-53,59-64,70-81H,5-13H2,1-4H3,(H,55,65)(H,56,66)(H,57,67)(H,58,68)/t19-,20+,21?,22?,23?,24?,25?,26?,27?,28?,29?,30?,31+,32-,33-,34-,35-,36?,37+,38+,39+,40-,41?,42?,43-,44-,45-,46?,47?,48+,49-,50-,51-,52+,53-/m0/s1. The molecule has 4 amide bonds. The Bertz CT molecular complexity index is 2460. The zero-order valence-electron chi connectivity index (χ0n) is 50.8. The number of nitrogens with one attached hydrogen (secondary N) is 4. The molecule has 15 unspecified atom stereocenters. The lowest BCUT2D eigenvalue weighted by Crippen LogP contribution is -2.70. The van der Waals surface area contributed by atoms with Crippen LogP contribution < -0.4 is 21.3 Å². The summed E-state index contributed by atoms with van der Waals surface area (Å²) in [6, 6.07) is -6.65. The van der Waals surface area contributed by atoms with Crippen LogP contribution in [0.4, 0.5) is 0 Å². The molecule has 7 heterocycles. The molecule has 35 atom stereocenters. The average molecular weight is 1440 g/mol. The van der Waals surface area contributed by atoms with Crippen molar-refractivity contribution in [2.45, 2.75) is 249 Å². The molecule has 40 nitrogen and oxygen atoms in total. The molecule has 0 radical (unpaired) electrons. The van der Waals surface area contributed by atoms with Crippen LogP contribution >= 0.6 is 15.9 Å². The Kier molecular flexibility index (Phi) is 28.9. The van der Waals surface area contributed by atoms with Gasteiger partial charge in [-0.3, -0.25) is 24.0 Å². The maximum absolute atomic E-state index is 12.9. The van der Waals surface area contributed by atoms with E-state index < -0.39 is 290 Å². The van der Waals surface area contributed by atoms with Gasteiger partial charge in [0.15, 0.2) is 37.7 Å². The number of alkyl halides is 1. The number of ether oxygens (including phenoxy) is 13. The van der Waals surface area contributed by atoms with E-state index in [0.717, 1.165) is 27.7 Å². The maximum atomic E-state index is 12.9. The number of carbonyl (C=O) groups excluding carboxylic acids is 5. The summed E-state index contributed by atoms with van der Waals surface area (Å²) in [5, 5.41) is 209. The van der Waals surface area contributed by atoms with Gasteiger partial charge in [-0.1, -0.05) is 15.9 Å². The number of aliphatic hydroxyl groups is 18. The van der Waals surface area contributed by atoms with Gasteiger partial charge >= 0.3 is 0 Å². The van der Waals surface area contributed by atoms with Crippen LogP contribution in [0.15, 0.2) is 0 Å². The molecule has 0 aromatic heterocycles. The number of hydrogen-bond donors (Lipinski definition) is 22. The first-order valence-corrected chi connectivity index (χ1v) is 31.0. The summed E-state index contributed by atoms with van der Waals surface area (Å²) < 4.78 is 77.7. The monoisotopic (exact) mass is 1430 g/mol. The summed E-state index contributed by atoms with van der Waals surface area (Å²) in [5.41, 5.74) is 0. The minimum absolute atomic E-state index is 0.152. The van der Waals surface area contributed by atoms with Crippen LogP contribution in [0.25, 0.3) is 0 Å². The molecule has 7 saturated heterocycles. The molecule has 41 heteroatoms. The topological polar surface area (TPSA) is 618 Å². The Morgan fingerprint density at radius 2 is 0.638 bits per heavy atom. The molecule has 7 rings (SSSR count). The Labute approximate surface area is 542 Å². The van der Waals surface area contributed by atoms with E-state index in [2.05, 4.69) is 37.2 Å². The number of Topliss-reactive ketones (excluding diaryl/α,β-unsaturated/α-hetero) is 1. The van der Waals surface area contributed by atoms with Crippen LogP contribution in [0.2, 0.25) is 0 Å². The molecule has 0 spiro atoms. The summed E-state index contributed by atoms with van der Waals surface area (Å²) in [7, 11) is 0. The summed E-state index contributed by atoms with van der Waals surface area (Å²) in [4.78, 5) is 62.6. The van der Waals surface area contributed by atoms with E-state index in [4.69, 9.17) is 61.6 Å². The van der Waals surface area contributed by atoms with Crippen LogP contribution in [-0.4, -0.2) is 387 Å². The number of hydrogen-bond acceptors (Lipinski definition) is 36. The second-order valence-corrected chi connectivity index (χ2v) is 24.1. The first-order chi connectivity index (χ1) is 44.5. The number of aliphatic hydroxyl groups excluding tert-OH is 18. The van der Waals surface area contributed by atoms with Gasteiger partial charge in [0.1, 0.15) is 170 Å². The Balaban J connectivity index is 1.25. The predicted molar refractivity (Wildman–Crippen MR) is 299 cm³/mol. The van der Waals surface area contributed by atoms with Crippen LogP contribution in [0.1, 0.15) is 34.1 Å². The van der Waals surface area contributed by atoms with E-state index in [1.54, 1.807) is 0 Å². The van der Waals surface area contributed by atoms with Crippen molar-refractivity contribution in [2.75, 3.05) is 51.6 Å². The average Bonchev–Trinajstić information content (AvgIpc) is 0.778. The van der Waals surface area contributed by atoms with Crippen molar-refractivity contribution in [3.63, 3.8) is 0 Å². The fourth-order valence-electron chi connectivity index (χ4n) is 12.0. The van der Waals surface area contributed by atoms with Gasteiger partial charge in [0.05, 0.1) is 63.7 Å². The predicted octanol–water partition coefficient (Wildman–Crippen LogP) is -14.3. The number of carbonyl (C=O) groups is 5. The lowest BCUT2D eigenvalue weighted by atomic mass is 9.89. The highest BCUT2D eigenvalue weighted by Crippen LogP contribution is 2.38. The van der Waals surface area contributed by atoms with Gasteiger partial charge in [-0.2, -0.15) is 0 Å². The highest BCUT2D eigenvalue weighted by atomic mass is 79.9. The van der Waals surface area contributed by atoms with Crippen LogP contribution in [0.3, 0.4) is 0 Å². The van der Waals surface area contributed by atoms with Crippen molar-refractivity contribution >= 4 is 45.3 Å². The molecule has 7 aliphatic heterocycles. The molecule has 542 valence electrons. The smallest absolute Gasteiger partial charge is 0.217 e. The minimum atomic E-state index is -2.45. The van der Waals surface area contributed by atoms with E-state index >= 15 is 0 Å². The van der Waals surface area contributed by atoms with Gasteiger partial charge < -0.3 is 175 Å². The Morgan fingerprint density at radius 1 is 0.319 bits per heavy atom. The van der Waals surface area contributed by atoms with Gasteiger partial charge in [0.2, 0.25) is 23.6 Å². The number of halogens is 1. The molecule has 0 bridgehead atoms. The van der Waals surface area contributed by atoms with Crippen molar-refractivity contribution in [3.05, 3.63) is 0 Å². The Hall–Kier alpha value is -3.21. The molecule has 22 N–H and O–H groups in total. The zero-order valence-corrected chi connectivity index (χ0v) is 52.4. The van der Waals surface area contributed by atoms with E-state index in [1.165, 1.54) is 0 Å². The number of ketones is 1. The van der Waals surface area contributed by atoms with Gasteiger partial charge in [-0.05, 0) is 0 Å². The quantitative estimate of drug-likeness (QED) is 0.0358. The third-order valence-electron chi connectivity index (χ3n) is 16.8. The third-order valence-corrected chi connectivity index (χ3v) is 17.5. The first kappa shape index (κ1) is 78.1. The fraction of sp³-hybridized carbons (Fsp3) is 0.906. The molecular weight excluding hydrogens is 1350 g/mol. The summed E-state index contributed by atoms with van der Waals surface area (Å²) >= 11 is 3.04. The van der Waals surface area contributed by atoms with Crippen molar-refractivity contribution in [1.29, 1.82) is 0 Å². The summed E-state index contributed by atoms with van der Waals surface area (Å²) in [5.74, 6) is -3.65. The fourth-order valence-corrected chi connectivity index (χ4v) is 12.3. The molecular formula is C53H87BrN4O36. The molecule has 7 aliphatic rings. The van der Waals surface area contributed by atoms with Gasteiger partial charge in [0, 0.05) is 34.1 Å². The lowest BCUT2D eigenvalue weighted by molar-refractivity contribution is -0.395. The molecule has 0 aromatic rings. The zero-order chi connectivity index (χ0) is 69.5. The van der Waals surface area contributed by atoms with Gasteiger partial charge in [-0.25, -0.2) is 0 Å². The third kappa shape index (κ3) is 17.9. The Morgan fingerprint density at radius 3 is 1.06 bits per heavy atom. The second-order valence-electron chi connectivity index (χ2n) is 23.6.